The Balaban J connectivity index is 0.893. The van der Waals surface area contributed by atoms with E-state index in [0.29, 0.717) is 0 Å². The smallest absolute Gasteiger partial charge is 0.0972 e. The molecule has 0 aliphatic heterocycles. The second-order valence-electron chi connectivity index (χ2n) is 15.2. The molecule has 0 aliphatic carbocycles. The standard InChI is InChI=1S/C54H32N6/c1-2-7-33(8-3-1)45-24-21-36-15-16-37-22-25-47(60-53(37)52(36)59-45)40-10-4-9-38(29-40)39-17-13-34-19-23-46(57-49(34)31-39)41-18-14-35-20-26-48(58-50(35)32-41)44-30-42-11-5-27-55-51(42)54-43(44)12-6-28-56-54/h1-32H. The minimum absolute atomic E-state index is 0.877. The van der Waals surface area contributed by atoms with Gasteiger partial charge in [0.25, 0.3) is 0 Å². The Hall–Kier alpha value is -8.22. The number of pyridine rings is 6. The lowest BCUT2D eigenvalue weighted by Gasteiger charge is -2.11. The highest BCUT2D eigenvalue weighted by atomic mass is 14.8. The maximum absolute atomic E-state index is 5.22. The summed E-state index contributed by atoms with van der Waals surface area (Å²) in [6, 6.07) is 63.2. The van der Waals surface area contributed by atoms with Crippen molar-refractivity contribution in [1.29, 1.82) is 0 Å². The van der Waals surface area contributed by atoms with Crippen molar-refractivity contribution in [3.63, 3.8) is 0 Å². The molecule has 0 aliphatic rings. The van der Waals surface area contributed by atoms with Gasteiger partial charge in [0.05, 0.1) is 55.9 Å². The summed E-state index contributed by atoms with van der Waals surface area (Å²) in [7, 11) is 0. The van der Waals surface area contributed by atoms with Gasteiger partial charge in [-0.3, -0.25) is 9.97 Å². The molecule has 0 unspecified atom stereocenters. The number of nitrogens with zero attached hydrogens (tertiary/aromatic N) is 6. The van der Waals surface area contributed by atoms with E-state index in [4.69, 9.17) is 24.9 Å². The third-order valence-electron chi connectivity index (χ3n) is 11.5. The van der Waals surface area contributed by atoms with Crippen LogP contribution in [-0.4, -0.2) is 29.9 Å². The molecule has 6 aromatic carbocycles. The average Bonchev–Trinajstić information content (AvgIpc) is 3.33. The molecule has 60 heavy (non-hydrogen) atoms. The van der Waals surface area contributed by atoms with Crippen LogP contribution in [0.5, 0.6) is 0 Å². The Morgan fingerprint density at radius 1 is 0.267 bits per heavy atom. The third kappa shape index (κ3) is 5.81. The molecule has 6 heteroatoms. The van der Waals surface area contributed by atoms with E-state index in [0.717, 1.165) is 122 Å². The Morgan fingerprint density at radius 3 is 1.55 bits per heavy atom. The molecule has 6 aromatic heterocycles. The number of aromatic nitrogens is 6. The lowest BCUT2D eigenvalue weighted by atomic mass is 9.99. The molecule has 0 N–H and O–H groups in total. The van der Waals surface area contributed by atoms with Crippen LogP contribution in [0, 0.1) is 0 Å². The predicted molar refractivity (Wildman–Crippen MR) is 245 cm³/mol. The van der Waals surface area contributed by atoms with Crippen molar-refractivity contribution in [2.24, 2.45) is 0 Å². The van der Waals surface area contributed by atoms with Crippen molar-refractivity contribution in [2.75, 3.05) is 0 Å². The lowest BCUT2D eigenvalue weighted by molar-refractivity contribution is 1.36. The first-order valence-electron chi connectivity index (χ1n) is 20.0. The first-order chi connectivity index (χ1) is 29.7. The van der Waals surface area contributed by atoms with Crippen molar-refractivity contribution in [2.45, 2.75) is 0 Å². The molecular weight excluding hydrogens is 733 g/mol. The normalized spacial score (nSPS) is 11.7. The van der Waals surface area contributed by atoms with Crippen molar-refractivity contribution < 1.29 is 0 Å². The summed E-state index contributed by atoms with van der Waals surface area (Å²) in [5.41, 5.74) is 15.4. The van der Waals surface area contributed by atoms with Crippen LogP contribution < -0.4 is 0 Å². The molecule has 278 valence electrons. The highest BCUT2D eigenvalue weighted by Crippen LogP contribution is 2.35. The minimum atomic E-state index is 0.877. The highest BCUT2D eigenvalue weighted by Gasteiger charge is 2.14. The van der Waals surface area contributed by atoms with Gasteiger partial charge in [-0.15, -0.1) is 0 Å². The molecule has 0 radical (unpaired) electrons. The van der Waals surface area contributed by atoms with Crippen LogP contribution in [-0.2, 0) is 0 Å². The van der Waals surface area contributed by atoms with Crippen molar-refractivity contribution in [1.82, 2.24) is 29.9 Å². The van der Waals surface area contributed by atoms with Gasteiger partial charge in [-0.25, -0.2) is 19.9 Å². The van der Waals surface area contributed by atoms with Gasteiger partial charge >= 0.3 is 0 Å². The summed E-state index contributed by atoms with van der Waals surface area (Å²) in [5, 5.41) is 6.35. The van der Waals surface area contributed by atoms with Crippen molar-refractivity contribution >= 4 is 65.4 Å². The minimum Gasteiger partial charge on any atom is -0.254 e. The molecule has 0 fully saturated rings. The largest absolute Gasteiger partial charge is 0.254 e. The van der Waals surface area contributed by atoms with Gasteiger partial charge in [0.15, 0.2) is 0 Å². The topological polar surface area (TPSA) is 77.3 Å². The fourth-order valence-corrected chi connectivity index (χ4v) is 8.43. The highest BCUT2D eigenvalue weighted by molar-refractivity contribution is 6.10. The van der Waals surface area contributed by atoms with Gasteiger partial charge < -0.3 is 0 Å². The number of benzene rings is 6. The Labute approximate surface area is 344 Å². The average molecular weight is 765 g/mol. The van der Waals surface area contributed by atoms with Crippen LogP contribution in [0.15, 0.2) is 194 Å². The molecule has 0 saturated carbocycles. The monoisotopic (exact) mass is 764 g/mol. The summed E-state index contributed by atoms with van der Waals surface area (Å²) in [4.78, 5) is 30.1. The number of hydrogen-bond donors (Lipinski definition) is 0. The van der Waals surface area contributed by atoms with E-state index >= 15 is 0 Å². The van der Waals surface area contributed by atoms with E-state index in [2.05, 4.69) is 157 Å². The van der Waals surface area contributed by atoms with Gasteiger partial charge in [-0.2, -0.15) is 0 Å². The van der Waals surface area contributed by atoms with Crippen molar-refractivity contribution in [3.8, 4) is 56.2 Å². The van der Waals surface area contributed by atoms with E-state index in [1.54, 1.807) is 0 Å². The zero-order valence-electron chi connectivity index (χ0n) is 32.2. The predicted octanol–water partition coefficient (Wildman–Crippen LogP) is 13.3. The van der Waals surface area contributed by atoms with E-state index in [1.165, 1.54) is 0 Å². The van der Waals surface area contributed by atoms with Gasteiger partial charge in [0.1, 0.15) is 0 Å². The maximum atomic E-state index is 5.22. The van der Waals surface area contributed by atoms with Crippen LogP contribution in [0.2, 0.25) is 0 Å². The van der Waals surface area contributed by atoms with Crippen LogP contribution in [0.4, 0.5) is 0 Å². The quantitative estimate of drug-likeness (QED) is 0.162. The van der Waals surface area contributed by atoms with Crippen LogP contribution in [0.1, 0.15) is 0 Å². The van der Waals surface area contributed by atoms with Gasteiger partial charge in [-0.1, -0.05) is 121 Å². The zero-order chi connectivity index (χ0) is 39.6. The van der Waals surface area contributed by atoms with E-state index < -0.39 is 0 Å². The Morgan fingerprint density at radius 2 is 0.783 bits per heavy atom. The van der Waals surface area contributed by atoms with Crippen LogP contribution in [0.3, 0.4) is 0 Å². The van der Waals surface area contributed by atoms with Crippen molar-refractivity contribution in [3.05, 3.63) is 194 Å². The van der Waals surface area contributed by atoms with Crippen LogP contribution in [0.25, 0.3) is 122 Å². The third-order valence-corrected chi connectivity index (χ3v) is 11.5. The summed E-state index contributed by atoms with van der Waals surface area (Å²) in [5.74, 6) is 0. The van der Waals surface area contributed by atoms with Gasteiger partial charge in [0.2, 0.25) is 0 Å². The number of rotatable bonds is 5. The van der Waals surface area contributed by atoms with Gasteiger partial charge in [0, 0.05) is 67.0 Å². The molecule has 6 heterocycles. The summed E-state index contributed by atoms with van der Waals surface area (Å²) in [6.45, 7) is 0. The fraction of sp³-hybridized carbons (Fsp3) is 0. The molecule has 0 bridgehead atoms. The van der Waals surface area contributed by atoms with Crippen LogP contribution >= 0.6 is 0 Å². The van der Waals surface area contributed by atoms with E-state index in [9.17, 15) is 0 Å². The Kier molecular flexibility index (Phi) is 7.74. The zero-order valence-corrected chi connectivity index (χ0v) is 32.2. The summed E-state index contributed by atoms with van der Waals surface area (Å²) >= 11 is 0. The second kappa shape index (κ2) is 13.7. The molecule has 0 atom stereocenters. The number of fused-ring (bicyclic) bond motifs is 8. The maximum Gasteiger partial charge on any atom is 0.0972 e. The first kappa shape index (κ1) is 33.9. The molecule has 0 spiro atoms. The van der Waals surface area contributed by atoms with E-state index in [-0.39, 0.29) is 0 Å². The molecule has 12 rings (SSSR count). The number of hydrogen-bond acceptors (Lipinski definition) is 6. The SMILES string of the molecule is c1ccc(-c2ccc3ccc4ccc(-c5cccc(-c6ccc7ccc(-c8ccc9ccc(-c%10cc%11cccnc%11c%11ncccc%10%11)nc9c8)nc7c6)c5)nc4c3n2)cc1. The molecule has 0 saturated heterocycles. The second-order valence-corrected chi connectivity index (χ2v) is 15.2. The molecule has 0 amide bonds. The molecule has 6 nitrogen and oxygen atoms in total. The Bertz CT molecular complexity index is 3680. The fourth-order valence-electron chi connectivity index (χ4n) is 8.43. The van der Waals surface area contributed by atoms with E-state index in [1.807, 2.05) is 42.7 Å². The van der Waals surface area contributed by atoms with Gasteiger partial charge in [-0.05, 0) is 71.8 Å². The summed E-state index contributed by atoms with van der Waals surface area (Å²) in [6.07, 6.45) is 3.64. The molecular formula is C54H32N6. The molecule has 12 aromatic rings. The lowest BCUT2D eigenvalue weighted by Crippen LogP contribution is -1.92. The first-order valence-corrected chi connectivity index (χ1v) is 20.0. The summed E-state index contributed by atoms with van der Waals surface area (Å²) < 4.78 is 0.